The van der Waals surface area contributed by atoms with Gasteiger partial charge in [0.15, 0.2) is 6.61 Å². The zero-order chi connectivity index (χ0) is 17.9. The summed E-state index contributed by atoms with van der Waals surface area (Å²) in [7, 11) is 0. The minimum atomic E-state index is -0.349. The average Bonchev–Trinajstić information content (AvgIpc) is 2.62. The third kappa shape index (κ3) is 7.25. The highest BCUT2D eigenvalue weighted by atomic mass is 16.6. The lowest BCUT2D eigenvalue weighted by atomic mass is 10.00. The van der Waals surface area contributed by atoms with Gasteiger partial charge in [-0.05, 0) is 55.9 Å². The van der Waals surface area contributed by atoms with Crippen LogP contribution < -0.4 is 4.74 Å². The maximum absolute atomic E-state index is 11.3. The van der Waals surface area contributed by atoms with Gasteiger partial charge in [-0.3, -0.25) is 0 Å². The molecule has 0 aliphatic heterocycles. The van der Waals surface area contributed by atoms with Crippen LogP contribution in [0.25, 0.3) is 0 Å². The molecule has 0 fully saturated rings. The number of hydrogen-bond donors (Lipinski definition) is 0. The first-order valence-corrected chi connectivity index (χ1v) is 8.75. The smallest absolute Gasteiger partial charge is 0.344 e. The van der Waals surface area contributed by atoms with Crippen molar-refractivity contribution in [1.82, 2.24) is 0 Å². The quantitative estimate of drug-likeness (QED) is 0.463. The number of ether oxygens (including phenoxy) is 2. The van der Waals surface area contributed by atoms with Gasteiger partial charge in [-0.25, -0.2) is 4.79 Å². The largest absolute Gasteiger partial charge is 0.482 e. The van der Waals surface area contributed by atoms with E-state index in [9.17, 15) is 4.79 Å². The number of esters is 1. The van der Waals surface area contributed by atoms with Gasteiger partial charge in [-0.1, -0.05) is 54.6 Å². The predicted molar refractivity (Wildman–Crippen MR) is 101 cm³/mol. The standard InChI is InChI=1S/C22H26O3/c1-3-24-22(23)17-25-21-14-12-20(13-15-21)16-18(2)8-7-11-19-9-5-4-6-10-19/h4-6,9-10,12-15H,2-3,7-8,11,16-17H2,1H3. The first-order valence-electron chi connectivity index (χ1n) is 8.75. The maximum Gasteiger partial charge on any atom is 0.344 e. The Morgan fingerprint density at radius 2 is 1.72 bits per heavy atom. The fourth-order valence-corrected chi connectivity index (χ4v) is 2.61. The van der Waals surface area contributed by atoms with E-state index >= 15 is 0 Å². The number of carbonyl (C=O) groups is 1. The normalized spacial score (nSPS) is 10.3. The summed E-state index contributed by atoms with van der Waals surface area (Å²) in [5, 5.41) is 0. The Kier molecular flexibility index (Phi) is 7.77. The molecule has 2 aromatic carbocycles. The molecule has 0 atom stereocenters. The van der Waals surface area contributed by atoms with Crippen LogP contribution in [0.4, 0.5) is 0 Å². The lowest BCUT2D eigenvalue weighted by molar-refractivity contribution is -0.145. The summed E-state index contributed by atoms with van der Waals surface area (Å²) < 4.78 is 10.2. The third-order valence-corrected chi connectivity index (χ3v) is 3.88. The molecule has 3 nitrogen and oxygen atoms in total. The summed E-state index contributed by atoms with van der Waals surface area (Å²) >= 11 is 0. The first-order chi connectivity index (χ1) is 12.2. The molecule has 0 heterocycles. The second-order valence-electron chi connectivity index (χ2n) is 6.00. The van der Waals surface area contributed by atoms with E-state index in [4.69, 9.17) is 9.47 Å². The molecule has 0 radical (unpaired) electrons. The van der Waals surface area contributed by atoms with Crippen LogP contribution in [0, 0.1) is 0 Å². The highest BCUT2D eigenvalue weighted by Gasteiger charge is 2.04. The Labute approximate surface area is 150 Å². The van der Waals surface area contributed by atoms with Crippen LogP contribution in [-0.4, -0.2) is 19.2 Å². The number of benzene rings is 2. The molecule has 0 aliphatic rings. The van der Waals surface area contributed by atoms with Gasteiger partial charge in [0.2, 0.25) is 0 Å². The molecule has 0 saturated carbocycles. The zero-order valence-corrected chi connectivity index (χ0v) is 14.9. The minimum absolute atomic E-state index is 0.0562. The molecule has 0 unspecified atom stereocenters. The van der Waals surface area contributed by atoms with E-state index in [1.807, 2.05) is 30.3 Å². The van der Waals surface area contributed by atoms with Crippen molar-refractivity contribution < 1.29 is 14.3 Å². The van der Waals surface area contributed by atoms with Gasteiger partial charge in [0, 0.05) is 0 Å². The number of rotatable bonds is 10. The molecule has 0 saturated heterocycles. The fraction of sp³-hybridized carbons (Fsp3) is 0.318. The van der Waals surface area contributed by atoms with E-state index in [2.05, 4.69) is 30.8 Å². The Hall–Kier alpha value is -2.55. The highest BCUT2D eigenvalue weighted by molar-refractivity contribution is 5.71. The van der Waals surface area contributed by atoms with E-state index < -0.39 is 0 Å². The van der Waals surface area contributed by atoms with Crippen LogP contribution in [0.5, 0.6) is 5.75 Å². The number of allylic oxidation sites excluding steroid dienone is 1. The minimum Gasteiger partial charge on any atom is -0.482 e. The van der Waals surface area contributed by atoms with Crippen LogP contribution in [0.15, 0.2) is 66.7 Å². The van der Waals surface area contributed by atoms with E-state index in [-0.39, 0.29) is 12.6 Å². The molecule has 0 aromatic heterocycles. The third-order valence-electron chi connectivity index (χ3n) is 3.88. The number of hydrogen-bond acceptors (Lipinski definition) is 3. The zero-order valence-electron chi connectivity index (χ0n) is 14.9. The van der Waals surface area contributed by atoms with Gasteiger partial charge < -0.3 is 9.47 Å². The van der Waals surface area contributed by atoms with Gasteiger partial charge in [0.25, 0.3) is 0 Å². The van der Waals surface area contributed by atoms with Gasteiger partial charge >= 0.3 is 5.97 Å². The van der Waals surface area contributed by atoms with Gasteiger partial charge in [0.05, 0.1) is 6.61 Å². The van der Waals surface area contributed by atoms with Crippen molar-refractivity contribution in [3.8, 4) is 5.75 Å². The maximum atomic E-state index is 11.3. The SMILES string of the molecule is C=C(CCCc1ccccc1)Cc1ccc(OCC(=O)OCC)cc1. The molecule has 25 heavy (non-hydrogen) atoms. The second kappa shape index (κ2) is 10.3. The summed E-state index contributed by atoms with van der Waals surface area (Å²) in [5.41, 5.74) is 3.81. The van der Waals surface area contributed by atoms with Crippen molar-refractivity contribution >= 4 is 5.97 Å². The average molecular weight is 338 g/mol. The van der Waals surface area contributed by atoms with Gasteiger partial charge in [0.1, 0.15) is 5.75 Å². The molecular weight excluding hydrogens is 312 g/mol. The number of aryl methyl sites for hydroxylation is 1. The first kappa shape index (κ1) is 18.8. The highest BCUT2D eigenvalue weighted by Crippen LogP contribution is 2.17. The van der Waals surface area contributed by atoms with Crippen molar-refractivity contribution in [2.75, 3.05) is 13.2 Å². The predicted octanol–water partition coefficient (Wildman–Crippen LogP) is 4.75. The van der Waals surface area contributed by atoms with Gasteiger partial charge in [-0.2, -0.15) is 0 Å². The Morgan fingerprint density at radius 1 is 1.00 bits per heavy atom. The van der Waals surface area contributed by atoms with E-state index in [0.717, 1.165) is 25.7 Å². The topological polar surface area (TPSA) is 35.5 Å². The number of carbonyl (C=O) groups excluding carboxylic acids is 1. The van der Waals surface area contributed by atoms with Crippen molar-refractivity contribution in [2.24, 2.45) is 0 Å². The lowest BCUT2D eigenvalue weighted by Crippen LogP contribution is -2.14. The van der Waals surface area contributed by atoms with Crippen molar-refractivity contribution in [3.05, 3.63) is 77.9 Å². The van der Waals surface area contributed by atoms with Crippen LogP contribution in [0.3, 0.4) is 0 Å². The summed E-state index contributed by atoms with van der Waals surface area (Å²) in [6.07, 6.45) is 4.09. The monoisotopic (exact) mass is 338 g/mol. The fourth-order valence-electron chi connectivity index (χ4n) is 2.61. The summed E-state index contributed by atoms with van der Waals surface area (Å²) in [5.74, 6) is 0.324. The molecular formula is C22H26O3. The second-order valence-corrected chi connectivity index (χ2v) is 6.00. The van der Waals surface area contributed by atoms with Crippen LogP contribution in [0.2, 0.25) is 0 Å². The van der Waals surface area contributed by atoms with Crippen LogP contribution >= 0.6 is 0 Å². The molecule has 3 heteroatoms. The lowest BCUT2D eigenvalue weighted by Gasteiger charge is -2.08. The Bertz CT molecular complexity index is 659. The Morgan fingerprint density at radius 3 is 2.40 bits per heavy atom. The molecule has 0 spiro atoms. The van der Waals surface area contributed by atoms with E-state index in [0.29, 0.717) is 12.4 Å². The molecule has 0 amide bonds. The van der Waals surface area contributed by atoms with Gasteiger partial charge in [-0.15, -0.1) is 0 Å². The molecule has 0 N–H and O–H groups in total. The van der Waals surface area contributed by atoms with Crippen molar-refractivity contribution in [2.45, 2.75) is 32.6 Å². The van der Waals surface area contributed by atoms with E-state index in [1.165, 1.54) is 16.7 Å². The molecule has 0 bridgehead atoms. The summed E-state index contributed by atoms with van der Waals surface area (Å²) in [6, 6.07) is 18.3. The molecule has 0 aliphatic carbocycles. The summed E-state index contributed by atoms with van der Waals surface area (Å²) in [4.78, 5) is 11.3. The van der Waals surface area contributed by atoms with Crippen LogP contribution in [0.1, 0.15) is 30.9 Å². The molecule has 2 aromatic rings. The van der Waals surface area contributed by atoms with Crippen molar-refractivity contribution in [1.29, 1.82) is 0 Å². The Balaban J connectivity index is 1.71. The summed E-state index contributed by atoms with van der Waals surface area (Å²) in [6.45, 7) is 6.28. The van der Waals surface area contributed by atoms with Crippen LogP contribution in [-0.2, 0) is 22.4 Å². The molecule has 2 rings (SSSR count). The van der Waals surface area contributed by atoms with E-state index in [1.54, 1.807) is 6.92 Å². The molecule has 132 valence electrons. The van der Waals surface area contributed by atoms with Crippen molar-refractivity contribution in [3.63, 3.8) is 0 Å².